The first-order valence-electron chi connectivity index (χ1n) is 5.65. The van der Waals surface area contributed by atoms with E-state index in [1.165, 1.54) is 6.07 Å². The minimum absolute atomic E-state index is 0.137. The van der Waals surface area contributed by atoms with Crippen LogP contribution in [0.3, 0.4) is 0 Å². The van der Waals surface area contributed by atoms with Crippen molar-refractivity contribution >= 4 is 0 Å². The molecule has 1 atom stereocenters. The van der Waals surface area contributed by atoms with Gasteiger partial charge >= 0.3 is 0 Å². The quantitative estimate of drug-likeness (QED) is 0.763. The topological polar surface area (TPSA) is 20.2 Å². The van der Waals surface area contributed by atoms with Gasteiger partial charge in [-0.25, -0.2) is 4.39 Å². The average molecular weight is 210 g/mol. The van der Waals surface area contributed by atoms with Crippen LogP contribution in [-0.4, -0.2) is 11.2 Å². The second-order valence-corrected chi connectivity index (χ2v) is 3.93. The Morgan fingerprint density at radius 1 is 1.27 bits per heavy atom. The Morgan fingerprint density at radius 3 is 2.67 bits per heavy atom. The first-order valence-corrected chi connectivity index (χ1v) is 5.65. The highest BCUT2D eigenvalue weighted by Gasteiger charge is 2.04. The molecule has 1 aromatic rings. The fraction of sp³-hybridized carbons (Fsp3) is 0.538. The van der Waals surface area contributed by atoms with Gasteiger partial charge < -0.3 is 5.11 Å². The highest BCUT2D eigenvalue weighted by Crippen LogP contribution is 2.12. The molecule has 0 aliphatic heterocycles. The van der Waals surface area contributed by atoms with Crippen LogP contribution in [0, 0.1) is 5.82 Å². The first-order chi connectivity index (χ1) is 7.24. The van der Waals surface area contributed by atoms with Crippen molar-refractivity contribution in [3.05, 3.63) is 35.6 Å². The van der Waals surface area contributed by atoms with Gasteiger partial charge in [0, 0.05) is 0 Å². The van der Waals surface area contributed by atoms with E-state index in [4.69, 9.17) is 0 Å². The lowest BCUT2D eigenvalue weighted by atomic mass is 10.0. The zero-order valence-corrected chi connectivity index (χ0v) is 9.25. The van der Waals surface area contributed by atoms with Crippen molar-refractivity contribution in [3.8, 4) is 0 Å². The fourth-order valence-corrected chi connectivity index (χ4v) is 1.71. The number of halogens is 1. The lowest BCUT2D eigenvalue weighted by Gasteiger charge is -2.08. The molecule has 0 heterocycles. The van der Waals surface area contributed by atoms with Gasteiger partial charge in [0.25, 0.3) is 0 Å². The van der Waals surface area contributed by atoms with Crippen LogP contribution in [0.15, 0.2) is 24.3 Å². The minimum Gasteiger partial charge on any atom is -0.393 e. The molecule has 0 fully saturated rings. The molecule has 0 saturated heterocycles. The summed E-state index contributed by atoms with van der Waals surface area (Å²) in [4.78, 5) is 0. The Labute approximate surface area is 90.9 Å². The van der Waals surface area contributed by atoms with Gasteiger partial charge in [-0.1, -0.05) is 31.5 Å². The van der Waals surface area contributed by atoms with Gasteiger partial charge in [-0.2, -0.15) is 0 Å². The van der Waals surface area contributed by atoms with E-state index < -0.39 is 0 Å². The maximum absolute atomic E-state index is 13.2. The zero-order valence-electron chi connectivity index (χ0n) is 9.25. The van der Waals surface area contributed by atoms with Crippen molar-refractivity contribution in [3.63, 3.8) is 0 Å². The number of aliphatic hydroxyl groups excluding tert-OH is 1. The molecule has 0 amide bonds. The van der Waals surface area contributed by atoms with Crippen molar-refractivity contribution in [2.45, 2.75) is 45.1 Å². The average Bonchev–Trinajstić information content (AvgIpc) is 2.21. The summed E-state index contributed by atoms with van der Waals surface area (Å²) in [5, 5.41) is 9.50. The smallest absolute Gasteiger partial charge is 0.126 e. The lowest BCUT2D eigenvalue weighted by Crippen LogP contribution is -2.06. The zero-order chi connectivity index (χ0) is 11.1. The van der Waals surface area contributed by atoms with Gasteiger partial charge in [0.05, 0.1) is 6.10 Å². The van der Waals surface area contributed by atoms with Crippen molar-refractivity contribution in [2.24, 2.45) is 0 Å². The molecule has 0 aromatic heterocycles. The molecule has 0 aliphatic carbocycles. The van der Waals surface area contributed by atoms with Crippen LogP contribution in [-0.2, 0) is 6.42 Å². The molecule has 2 heteroatoms. The lowest BCUT2D eigenvalue weighted by molar-refractivity contribution is 0.151. The van der Waals surface area contributed by atoms with E-state index in [-0.39, 0.29) is 11.9 Å². The molecule has 1 unspecified atom stereocenters. The highest BCUT2D eigenvalue weighted by molar-refractivity contribution is 5.17. The third-order valence-corrected chi connectivity index (χ3v) is 2.56. The molecule has 0 aliphatic rings. The summed E-state index contributed by atoms with van der Waals surface area (Å²) in [7, 11) is 0. The Balaban J connectivity index is 2.29. The predicted molar refractivity (Wildman–Crippen MR) is 60.3 cm³/mol. The number of hydrogen-bond acceptors (Lipinski definition) is 1. The molecule has 0 saturated carbocycles. The third-order valence-electron chi connectivity index (χ3n) is 2.56. The maximum atomic E-state index is 13.2. The van der Waals surface area contributed by atoms with Crippen LogP contribution in [0.5, 0.6) is 0 Å². The van der Waals surface area contributed by atoms with E-state index in [1.807, 2.05) is 12.1 Å². The number of aryl methyl sites for hydroxylation is 1. The Kier molecular flexibility index (Phi) is 5.33. The largest absolute Gasteiger partial charge is 0.393 e. The molecule has 84 valence electrons. The summed E-state index contributed by atoms with van der Waals surface area (Å²) >= 11 is 0. The van der Waals surface area contributed by atoms with Crippen LogP contribution in [0.25, 0.3) is 0 Å². The van der Waals surface area contributed by atoms with E-state index in [0.717, 1.165) is 31.2 Å². The van der Waals surface area contributed by atoms with Crippen LogP contribution in [0.4, 0.5) is 4.39 Å². The van der Waals surface area contributed by atoms with Crippen LogP contribution in [0.2, 0.25) is 0 Å². The summed E-state index contributed by atoms with van der Waals surface area (Å²) in [6, 6.07) is 6.84. The normalized spacial score (nSPS) is 12.7. The minimum atomic E-state index is -0.221. The molecule has 1 aromatic carbocycles. The van der Waals surface area contributed by atoms with Crippen molar-refractivity contribution < 1.29 is 9.50 Å². The standard InChI is InChI=1S/C13H19FO/c1-2-6-12(15)9-5-8-11-7-3-4-10-13(11)14/h3-4,7,10,12,15H,2,5-6,8-9H2,1H3. The molecular weight excluding hydrogens is 191 g/mol. The number of benzene rings is 1. The molecule has 1 N–H and O–H groups in total. The Morgan fingerprint density at radius 2 is 2.00 bits per heavy atom. The SMILES string of the molecule is CCCC(O)CCCc1ccccc1F. The third kappa shape index (κ3) is 4.43. The highest BCUT2D eigenvalue weighted by atomic mass is 19.1. The molecule has 15 heavy (non-hydrogen) atoms. The summed E-state index contributed by atoms with van der Waals surface area (Å²) < 4.78 is 13.2. The van der Waals surface area contributed by atoms with E-state index in [9.17, 15) is 9.50 Å². The van der Waals surface area contributed by atoms with Crippen LogP contribution < -0.4 is 0 Å². The van der Waals surface area contributed by atoms with E-state index in [2.05, 4.69) is 6.92 Å². The van der Waals surface area contributed by atoms with Gasteiger partial charge in [0.1, 0.15) is 5.82 Å². The van der Waals surface area contributed by atoms with Crippen molar-refractivity contribution in [1.29, 1.82) is 0 Å². The van der Waals surface area contributed by atoms with Gasteiger partial charge in [0.15, 0.2) is 0 Å². The van der Waals surface area contributed by atoms with E-state index in [1.54, 1.807) is 6.07 Å². The summed E-state index contributed by atoms with van der Waals surface area (Å²) in [6.45, 7) is 2.06. The molecule has 0 bridgehead atoms. The van der Waals surface area contributed by atoms with Crippen LogP contribution >= 0.6 is 0 Å². The fourth-order valence-electron chi connectivity index (χ4n) is 1.71. The molecule has 1 nitrogen and oxygen atoms in total. The number of aliphatic hydroxyl groups is 1. The molecular formula is C13H19FO. The summed E-state index contributed by atoms with van der Waals surface area (Å²) in [5.41, 5.74) is 0.751. The van der Waals surface area contributed by atoms with Gasteiger partial charge in [0.2, 0.25) is 0 Å². The van der Waals surface area contributed by atoms with Crippen molar-refractivity contribution in [2.75, 3.05) is 0 Å². The second kappa shape index (κ2) is 6.57. The molecule has 0 radical (unpaired) electrons. The van der Waals surface area contributed by atoms with Gasteiger partial charge in [-0.15, -0.1) is 0 Å². The van der Waals surface area contributed by atoms with E-state index in [0.29, 0.717) is 6.42 Å². The Bertz CT molecular complexity index is 286. The van der Waals surface area contributed by atoms with E-state index >= 15 is 0 Å². The predicted octanol–water partition coefficient (Wildman–Crippen LogP) is 3.31. The number of hydrogen-bond donors (Lipinski definition) is 1. The molecule has 0 spiro atoms. The molecule has 1 rings (SSSR count). The summed E-state index contributed by atoms with van der Waals surface area (Å²) in [5.74, 6) is -0.137. The van der Waals surface area contributed by atoms with Gasteiger partial charge in [-0.3, -0.25) is 0 Å². The first kappa shape index (κ1) is 12.2. The van der Waals surface area contributed by atoms with Crippen LogP contribution in [0.1, 0.15) is 38.2 Å². The Hall–Kier alpha value is -0.890. The van der Waals surface area contributed by atoms with Crippen molar-refractivity contribution in [1.82, 2.24) is 0 Å². The second-order valence-electron chi connectivity index (χ2n) is 3.93. The summed E-state index contributed by atoms with van der Waals surface area (Å²) in [6.07, 6.45) is 3.96. The van der Waals surface area contributed by atoms with Gasteiger partial charge in [-0.05, 0) is 37.3 Å². The number of rotatable bonds is 6. The maximum Gasteiger partial charge on any atom is 0.126 e. The monoisotopic (exact) mass is 210 g/mol.